The molecule has 0 spiro atoms. The van der Waals surface area contributed by atoms with Gasteiger partial charge in [-0.1, -0.05) is 42.5 Å². The lowest BCUT2D eigenvalue weighted by Gasteiger charge is -2.10. The highest BCUT2D eigenvalue weighted by atomic mass is 16.6. The summed E-state index contributed by atoms with van der Waals surface area (Å²) in [5.74, 6) is 0. The van der Waals surface area contributed by atoms with Gasteiger partial charge in [-0.2, -0.15) is 0 Å². The van der Waals surface area contributed by atoms with Crippen LogP contribution in [0.1, 0.15) is 5.56 Å². The summed E-state index contributed by atoms with van der Waals surface area (Å²) in [5, 5.41) is 22.9. The molecule has 0 heterocycles. The number of carbonyl (C=O) groups is 1. The molecule has 22 heavy (non-hydrogen) atoms. The Hall–Kier alpha value is -2.87. The number of rotatable bonds is 5. The molecular weight excluding hydrogens is 287 g/mol. The van der Waals surface area contributed by atoms with Crippen LogP contribution >= 0.6 is 0 Å². The van der Waals surface area contributed by atoms with Gasteiger partial charge in [0.15, 0.2) is 0 Å². The molecule has 0 aliphatic heterocycles. The third-order valence-electron chi connectivity index (χ3n) is 2.86. The SMILES string of the molecule is O=C(NCc1ccccc1)OB(O)c1cccc([N+](=O)[O-])c1. The van der Waals surface area contributed by atoms with Crippen molar-refractivity contribution in [3.8, 4) is 0 Å². The Morgan fingerprint density at radius 1 is 1.23 bits per heavy atom. The number of nitro benzene ring substituents is 1. The van der Waals surface area contributed by atoms with Gasteiger partial charge in [-0.3, -0.25) is 10.1 Å². The van der Waals surface area contributed by atoms with Gasteiger partial charge in [0.2, 0.25) is 0 Å². The molecule has 2 N–H and O–H groups in total. The summed E-state index contributed by atoms with van der Waals surface area (Å²) in [6, 6.07) is 14.5. The number of nitrogens with one attached hydrogen (secondary N) is 1. The van der Waals surface area contributed by atoms with Crippen LogP contribution in [0.3, 0.4) is 0 Å². The first-order valence-corrected chi connectivity index (χ1v) is 6.47. The van der Waals surface area contributed by atoms with Gasteiger partial charge in [0.05, 0.1) is 4.92 Å². The number of hydrogen-bond acceptors (Lipinski definition) is 5. The monoisotopic (exact) mass is 300 g/mol. The molecule has 2 rings (SSSR count). The fraction of sp³-hybridized carbons (Fsp3) is 0.0714. The molecular formula is C14H13BN2O5. The molecule has 0 unspecified atom stereocenters. The number of hydrogen-bond donors (Lipinski definition) is 2. The van der Waals surface area contributed by atoms with Crippen LogP contribution in [0.15, 0.2) is 54.6 Å². The average Bonchev–Trinajstić information content (AvgIpc) is 2.54. The molecule has 0 aliphatic rings. The van der Waals surface area contributed by atoms with Gasteiger partial charge >= 0.3 is 13.2 Å². The van der Waals surface area contributed by atoms with Gasteiger partial charge in [0.25, 0.3) is 5.69 Å². The zero-order valence-corrected chi connectivity index (χ0v) is 11.5. The van der Waals surface area contributed by atoms with Crippen LogP contribution in [0.4, 0.5) is 10.5 Å². The Balaban J connectivity index is 1.91. The summed E-state index contributed by atoms with van der Waals surface area (Å²) in [6.07, 6.45) is -0.817. The zero-order chi connectivity index (χ0) is 15.9. The Bertz CT molecular complexity index is 665. The third-order valence-corrected chi connectivity index (χ3v) is 2.86. The molecule has 2 aromatic rings. The number of carbonyl (C=O) groups excluding carboxylic acids is 1. The highest BCUT2D eigenvalue weighted by molar-refractivity contribution is 6.61. The predicted octanol–water partition coefficient (Wildman–Crippen LogP) is 1.21. The van der Waals surface area contributed by atoms with E-state index in [-0.39, 0.29) is 17.7 Å². The summed E-state index contributed by atoms with van der Waals surface area (Å²) < 4.78 is 4.78. The largest absolute Gasteiger partial charge is 0.563 e. The van der Waals surface area contributed by atoms with Gasteiger partial charge in [-0.05, 0) is 5.56 Å². The lowest BCUT2D eigenvalue weighted by molar-refractivity contribution is -0.384. The van der Waals surface area contributed by atoms with E-state index in [4.69, 9.17) is 4.65 Å². The van der Waals surface area contributed by atoms with Gasteiger partial charge in [0, 0.05) is 24.1 Å². The van der Waals surface area contributed by atoms with Crippen LogP contribution in [0.5, 0.6) is 0 Å². The molecule has 112 valence electrons. The van der Waals surface area contributed by atoms with E-state index < -0.39 is 18.1 Å². The Labute approximate surface area is 126 Å². The predicted molar refractivity (Wildman–Crippen MR) is 80.5 cm³/mol. The molecule has 0 aliphatic carbocycles. The standard InChI is InChI=1S/C14H13BN2O5/c18-14(16-10-11-5-2-1-3-6-11)22-15(19)12-7-4-8-13(9-12)17(20)21/h1-9,19H,10H2,(H,16,18). The molecule has 2 aromatic carbocycles. The molecule has 0 saturated carbocycles. The Morgan fingerprint density at radius 3 is 2.64 bits per heavy atom. The summed E-state index contributed by atoms with van der Waals surface area (Å²) in [5.41, 5.74) is 0.818. The van der Waals surface area contributed by atoms with Crippen molar-refractivity contribution in [3.63, 3.8) is 0 Å². The van der Waals surface area contributed by atoms with Crippen LogP contribution in [-0.4, -0.2) is 23.2 Å². The molecule has 0 saturated heterocycles. The van der Waals surface area contributed by atoms with Crippen LogP contribution < -0.4 is 10.8 Å². The molecule has 0 aromatic heterocycles. The smallest absolute Gasteiger partial charge is 0.489 e. The van der Waals surface area contributed by atoms with Crippen LogP contribution in [0, 0.1) is 10.1 Å². The van der Waals surface area contributed by atoms with E-state index in [2.05, 4.69) is 5.32 Å². The van der Waals surface area contributed by atoms with Crippen LogP contribution in [0.2, 0.25) is 0 Å². The lowest BCUT2D eigenvalue weighted by Crippen LogP contribution is -2.39. The minimum Gasteiger partial charge on any atom is -0.489 e. The summed E-state index contributed by atoms with van der Waals surface area (Å²) in [4.78, 5) is 21.7. The number of nitro groups is 1. The second-order valence-corrected chi connectivity index (χ2v) is 4.45. The molecule has 7 nitrogen and oxygen atoms in total. The molecule has 1 amide bonds. The van der Waals surface area contributed by atoms with E-state index in [0.29, 0.717) is 0 Å². The van der Waals surface area contributed by atoms with E-state index in [1.54, 1.807) is 0 Å². The minimum atomic E-state index is -1.57. The van der Waals surface area contributed by atoms with Crippen molar-refractivity contribution in [2.75, 3.05) is 0 Å². The van der Waals surface area contributed by atoms with E-state index in [9.17, 15) is 19.9 Å². The third kappa shape index (κ3) is 4.32. The maximum absolute atomic E-state index is 11.6. The highest BCUT2D eigenvalue weighted by Gasteiger charge is 2.23. The van der Waals surface area contributed by atoms with E-state index in [0.717, 1.165) is 11.6 Å². The quantitative estimate of drug-likeness (QED) is 0.491. The van der Waals surface area contributed by atoms with Crippen molar-refractivity contribution >= 4 is 24.4 Å². The Morgan fingerprint density at radius 2 is 1.95 bits per heavy atom. The number of nitrogens with zero attached hydrogens (tertiary/aromatic N) is 1. The molecule has 0 radical (unpaired) electrons. The van der Waals surface area contributed by atoms with Gasteiger partial charge < -0.3 is 15.0 Å². The Kier molecular flexibility index (Phi) is 5.10. The second-order valence-electron chi connectivity index (χ2n) is 4.45. The maximum Gasteiger partial charge on any atom is 0.563 e. The van der Waals surface area contributed by atoms with Crippen molar-refractivity contribution in [2.24, 2.45) is 0 Å². The normalized spacial score (nSPS) is 9.86. The number of non-ortho nitro benzene ring substituents is 1. The first-order valence-electron chi connectivity index (χ1n) is 6.47. The van der Waals surface area contributed by atoms with Gasteiger partial charge in [-0.25, -0.2) is 4.79 Å². The zero-order valence-electron chi connectivity index (χ0n) is 11.5. The van der Waals surface area contributed by atoms with Crippen LogP contribution in [0.25, 0.3) is 0 Å². The number of amides is 1. The summed E-state index contributed by atoms with van der Waals surface area (Å²) in [7, 11) is -1.57. The van der Waals surface area contributed by atoms with E-state index >= 15 is 0 Å². The highest BCUT2D eigenvalue weighted by Crippen LogP contribution is 2.07. The summed E-state index contributed by atoms with van der Waals surface area (Å²) >= 11 is 0. The lowest BCUT2D eigenvalue weighted by atomic mass is 9.79. The van der Waals surface area contributed by atoms with E-state index in [1.165, 1.54) is 18.2 Å². The molecule has 0 bridgehead atoms. The fourth-order valence-electron chi connectivity index (χ4n) is 1.77. The van der Waals surface area contributed by atoms with Gasteiger partial charge in [-0.15, -0.1) is 0 Å². The van der Waals surface area contributed by atoms with Crippen molar-refractivity contribution in [1.82, 2.24) is 5.32 Å². The topological polar surface area (TPSA) is 102 Å². The second kappa shape index (κ2) is 7.23. The van der Waals surface area contributed by atoms with E-state index in [1.807, 2.05) is 30.3 Å². The summed E-state index contributed by atoms with van der Waals surface area (Å²) in [6.45, 7) is 0.251. The average molecular weight is 300 g/mol. The molecule has 0 atom stereocenters. The first-order chi connectivity index (χ1) is 10.6. The van der Waals surface area contributed by atoms with Crippen molar-refractivity contribution < 1.29 is 19.4 Å². The maximum atomic E-state index is 11.6. The van der Waals surface area contributed by atoms with Crippen molar-refractivity contribution in [3.05, 3.63) is 70.3 Å². The fourth-order valence-corrected chi connectivity index (χ4v) is 1.77. The van der Waals surface area contributed by atoms with Crippen molar-refractivity contribution in [1.29, 1.82) is 0 Å². The first kappa shape index (κ1) is 15.5. The molecule has 0 fully saturated rings. The number of benzene rings is 2. The van der Waals surface area contributed by atoms with Crippen molar-refractivity contribution in [2.45, 2.75) is 6.54 Å². The van der Waals surface area contributed by atoms with Gasteiger partial charge in [0.1, 0.15) is 0 Å². The van der Waals surface area contributed by atoms with Crippen LogP contribution in [-0.2, 0) is 11.2 Å². The minimum absolute atomic E-state index is 0.129. The molecule has 8 heteroatoms.